The first-order valence-corrected chi connectivity index (χ1v) is 12.1. The number of benzene rings is 2. The maximum Gasteiger partial charge on any atom is 0.251 e. The number of aromatic amines is 1. The smallest absolute Gasteiger partial charge is 0.251 e. The molecule has 36 heavy (non-hydrogen) atoms. The molecule has 0 unspecified atom stereocenters. The fraction of sp³-hybridized carbons (Fsp3) is 0.333. The normalized spacial score (nSPS) is 14.9. The number of aromatic nitrogens is 4. The molecule has 3 heterocycles. The standard InChI is InChI=1S/C27H30FN7O/c1-27(2,3)32-26(36)17-4-6-21(28)19(13-17)16-5-7-22-20(12-16)25(34-33-22)23-14-30-15-24(31-23)35-10-8-18(29)9-11-35/h4-7,12-15,18H,8-11,29H2,1-3H3,(H,32,36)(H,33,34). The van der Waals surface area contributed by atoms with Crippen LogP contribution in [0.15, 0.2) is 48.8 Å². The summed E-state index contributed by atoms with van der Waals surface area (Å²) in [5.41, 5.74) is 9.09. The van der Waals surface area contributed by atoms with Gasteiger partial charge < -0.3 is 16.0 Å². The summed E-state index contributed by atoms with van der Waals surface area (Å²) < 4.78 is 14.9. The summed E-state index contributed by atoms with van der Waals surface area (Å²) in [5, 5.41) is 11.2. The lowest BCUT2D eigenvalue weighted by Gasteiger charge is -2.30. The third-order valence-electron chi connectivity index (χ3n) is 6.32. The van der Waals surface area contributed by atoms with Crippen molar-refractivity contribution >= 4 is 22.6 Å². The third-order valence-corrected chi connectivity index (χ3v) is 6.32. The van der Waals surface area contributed by atoms with Crippen molar-refractivity contribution in [1.29, 1.82) is 0 Å². The summed E-state index contributed by atoms with van der Waals surface area (Å²) in [6.07, 6.45) is 5.27. The minimum Gasteiger partial charge on any atom is -0.355 e. The van der Waals surface area contributed by atoms with Crippen LogP contribution in [0.2, 0.25) is 0 Å². The van der Waals surface area contributed by atoms with E-state index in [4.69, 9.17) is 10.7 Å². The van der Waals surface area contributed by atoms with Crippen LogP contribution in [0.3, 0.4) is 0 Å². The number of nitrogens with one attached hydrogen (secondary N) is 2. The first-order valence-electron chi connectivity index (χ1n) is 12.1. The fourth-order valence-electron chi connectivity index (χ4n) is 4.43. The number of H-pyrrole nitrogens is 1. The molecule has 1 saturated heterocycles. The van der Waals surface area contributed by atoms with E-state index in [2.05, 4.69) is 25.4 Å². The Hall–Kier alpha value is -3.85. The van der Waals surface area contributed by atoms with Crippen molar-refractivity contribution in [2.45, 2.75) is 45.2 Å². The van der Waals surface area contributed by atoms with Crippen molar-refractivity contribution in [2.75, 3.05) is 18.0 Å². The largest absolute Gasteiger partial charge is 0.355 e. The molecule has 2 aromatic carbocycles. The molecular weight excluding hydrogens is 457 g/mol. The SMILES string of the molecule is CC(C)(C)NC(=O)c1ccc(F)c(-c2ccc3[nH]nc(-c4cncc(N5CCC(N)CC5)n4)c3c2)c1. The first-order chi connectivity index (χ1) is 17.2. The molecule has 186 valence electrons. The summed E-state index contributed by atoms with van der Waals surface area (Å²) in [7, 11) is 0. The highest BCUT2D eigenvalue weighted by molar-refractivity contribution is 5.98. The van der Waals surface area contributed by atoms with E-state index < -0.39 is 11.4 Å². The van der Waals surface area contributed by atoms with E-state index in [1.165, 1.54) is 12.1 Å². The molecule has 0 spiro atoms. The fourth-order valence-corrected chi connectivity index (χ4v) is 4.43. The highest BCUT2D eigenvalue weighted by Crippen LogP contribution is 2.32. The summed E-state index contributed by atoms with van der Waals surface area (Å²) in [6, 6.07) is 10.2. The third kappa shape index (κ3) is 4.92. The molecule has 8 nitrogen and oxygen atoms in total. The Kier molecular flexibility index (Phi) is 6.17. The molecule has 1 amide bonds. The maximum atomic E-state index is 14.9. The van der Waals surface area contributed by atoms with E-state index in [9.17, 15) is 9.18 Å². The number of carbonyl (C=O) groups excluding carboxylic acids is 1. The number of amides is 1. The highest BCUT2D eigenvalue weighted by atomic mass is 19.1. The van der Waals surface area contributed by atoms with Crippen LogP contribution < -0.4 is 16.0 Å². The number of carbonyl (C=O) groups is 1. The summed E-state index contributed by atoms with van der Waals surface area (Å²) in [6.45, 7) is 7.39. The number of piperidine rings is 1. The minimum absolute atomic E-state index is 0.226. The average Bonchev–Trinajstić information content (AvgIpc) is 3.27. The van der Waals surface area contributed by atoms with E-state index in [0.717, 1.165) is 42.7 Å². The van der Waals surface area contributed by atoms with Crippen molar-refractivity contribution < 1.29 is 9.18 Å². The molecule has 1 fully saturated rings. The zero-order valence-electron chi connectivity index (χ0n) is 20.7. The molecule has 2 aromatic heterocycles. The number of fused-ring (bicyclic) bond motifs is 1. The van der Waals surface area contributed by atoms with Gasteiger partial charge in [0.15, 0.2) is 0 Å². The number of anilines is 1. The van der Waals surface area contributed by atoms with Gasteiger partial charge in [-0.15, -0.1) is 0 Å². The Morgan fingerprint density at radius 1 is 1.14 bits per heavy atom. The van der Waals surface area contributed by atoms with Crippen LogP contribution in [0, 0.1) is 5.82 Å². The van der Waals surface area contributed by atoms with Crippen molar-refractivity contribution in [2.24, 2.45) is 5.73 Å². The predicted octanol–water partition coefficient (Wildman–Crippen LogP) is 4.28. The summed E-state index contributed by atoms with van der Waals surface area (Å²) >= 11 is 0. The van der Waals surface area contributed by atoms with Gasteiger partial charge in [-0.2, -0.15) is 5.10 Å². The van der Waals surface area contributed by atoms with Crippen molar-refractivity contribution in [3.63, 3.8) is 0 Å². The molecule has 4 N–H and O–H groups in total. The van der Waals surface area contributed by atoms with E-state index in [1.54, 1.807) is 18.5 Å². The van der Waals surface area contributed by atoms with Crippen LogP contribution in [-0.4, -0.2) is 50.7 Å². The maximum absolute atomic E-state index is 14.9. The molecule has 5 rings (SSSR count). The van der Waals surface area contributed by atoms with Crippen molar-refractivity contribution in [1.82, 2.24) is 25.5 Å². The molecule has 0 radical (unpaired) electrons. The Labute approximate surface area is 209 Å². The molecule has 0 saturated carbocycles. The van der Waals surface area contributed by atoms with E-state index in [-0.39, 0.29) is 11.9 Å². The number of nitrogens with zero attached hydrogens (tertiary/aromatic N) is 4. The molecule has 1 aliphatic heterocycles. The Balaban J connectivity index is 1.50. The van der Waals surface area contributed by atoms with Crippen molar-refractivity contribution in [3.05, 3.63) is 60.2 Å². The lowest BCUT2D eigenvalue weighted by Crippen LogP contribution is -2.40. The number of halogens is 1. The number of nitrogens with two attached hydrogens (primary N) is 1. The second-order valence-corrected chi connectivity index (χ2v) is 10.3. The summed E-state index contributed by atoms with van der Waals surface area (Å²) in [4.78, 5) is 24.1. The molecular formula is C27H30FN7O. The first kappa shape index (κ1) is 23.9. The predicted molar refractivity (Wildman–Crippen MR) is 139 cm³/mol. The van der Waals surface area contributed by atoms with E-state index in [1.807, 2.05) is 39.0 Å². The summed E-state index contributed by atoms with van der Waals surface area (Å²) in [5.74, 6) is 0.131. The topological polar surface area (TPSA) is 113 Å². The molecule has 0 atom stereocenters. The van der Waals surface area contributed by atoms with Gasteiger partial charge in [0.05, 0.1) is 17.9 Å². The minimum atomic E-state index is -0.406. The van der Waals surface area contributed by atoms with Crippen LogP contribution in [0.25, 0.3) is 33.4 Å². The molecule has 1 aliphatic rings. The monoisotopic (exact) mass is 487 g/mol. The van der Waals surface area contributed by atoms with Gasteiger partial charge >= 0.3 is 0 Å². The number of rotatable bonds is 4. The van der Waals surface area contributed by atoms with Gasteiger partial charge in [-0.3, -0.25) is 14.9 Å². The number of hydrogen-bond acceptors (Lipinski definition) is 6. The van der Waals surface area contributed by atoms with Gasteiger partial charge in [0.25, 0.3) is 5.91 Å². The number of hydrogen-bond donors (Lipinski definition) is 3. The van der Waals surface area contributed by atoms with E-state index >= 15 is 0 Å². The van der Waals surface area contributed by atoms with E-state index in [0.29, 0.717) is 28.1 Å². The van der Waals surface area contributed by atoms with Crippen LogP contribution in [-0.2, 0) is 0 Å². The molecule has 4 aromatic rings. The van der Waals surface area contributed by atoms with Gasteiger partial charge in [0.1, 0.15) is 23.0 Å². The zero-order valence-corrected chi connectivity index (χ0v) is 20.7. The van der Waals surface area contributed by atoms with Gasteiger partial charge in [-0.1, -0.05) is 6.07 Å². The van der Waals surface area contributed by atoms with Gasteiger partial charge in [-0.05, 0) is 69.5 Å². The van der Waals surface area contributed by atoms with Crippen LogP contribution in [0.5, 0.6) is 0 Å². The Morgan fingerprint density at radius 2 is 1.92 bits per heavy atom. The molecule has 0 bridgehead atoms. The van der Waals surface area contributed by atoms with Crippen molar-refractivity contribution in [3.8, 4) is 22.5 Å². The zero-order chi connectivity index (χ0) is 25.4. The average molecular weight is 488 g/mol. The van der Waals surface area contributed by atoms with Crippen LogP contribution >= 0.6 is 0 Å². The van der Waals surface area contributed by atoms with Gasteiger partial charge in [-0.25, -0.2) is 9.37 Å². The second kappa shape index (κ2) is 9.31. The van der Waals surface area contributed by atoms with Crippen LogP contribution in [0.1, 0.15) is 44.0 Å². The van der Waals surface area contributed by atoms with Gasteiger partial charge in [0, 0.05) is 41.2 Å². The van der Waals surface area contributed by atoms with Gasteiger partial charge in [0.2, 0.25) is 0 Å². The quantitative estimate of drug-likeness (QED) is 0.396. The lowest BCUT2D eigenvalue weighted by molar-refractivity contribution is 0.0919. The lowest BCUT2D eigenvalue weighted by atomic mass is 9.99. The Morgan fingerprint density at radius 3 is 2.67 bits per heavy atom. The molecule has 0 aliphatic carbocycles. The van der Waals surface area contributed by atoms with Crippen LogP contribution in [0.4, 0.5) is 10.2 Å². The molecule has 9 heteroatoms. The second-order valence-electron chi connectivity index (χ2n) is 10.3. The highest BCUT2D eigenvalue weighted by Gasteiger charge is 2.20. The Bertz CT molecular complexity index is 1420.